The first-order chi connectivity index (χ1) is 7.76. The second-order valence-corrected chi connectivity index (χ2v) is 4.61. The van der Waals surface area contributed by atoms with Crippen LogP contribution < -0.4 is 4.74 Å². The van der Waals surface area contributed by atoms with Gasteiger partial charge in [0, 0.05) is 0 Å². The number of hydrogen-bond donors (Lipinski definition) is 0. The van der Waals surface area contributed by atoms with E-state index in [-0.39, 0.29) is 5.75 Å². The molecule has 1 nitrogen and oxygen atoms in total. The standard InChI is InChI=1S/C13H17F3O/c1-4-9-12(2,3)17-11-8-6-5-7-10(11)13(14,15)16/h5-8H,4,9H2,1-3H3. The second kappa shape index (κ2) is 4.98. The minimum absolute atomic E-state index is 0.0987. The molecule has 1 aromatic rings. The summed E-state index contributed by atoms with van der Waals surface area (Å²) in [7, 11) is 0. The maximum Gasteiger partial charge on any atom is 0.419 e. The molecule has 0 heterocycles. The van der Waals surface area contributed by atoms with Gasteiger partial charge in [0.1, 0.15) is 11.4 Å². The number of ether oxygens (including phenoxy) is 1. The van der Waals surface area contributed by atoms with Gasteiger partial charge in [-0.2, -0.15) is 13.2 Å². The molecular weight excluding hydrogens is 229 g/mol. The van der Waals surface area contributed by atoms with Crippen LogP contribution in [0.15, 0.2) is 24.3 Å². The molecule has 0 spiro atoms. The first kappa shape index (κ1) is 13.9. The Labute approximate surface area is 99.6 Å². The van der Waals surface area contributed by atoms with Crippen molar-refractivity contribution in [1.29, 1.82) is 0 Å². The Morgan fingerprint density at radius 2 is 1.71 bits per heavy atom. The molecule has 96 valence electrons. The first-order valence-electron chi connectivity index (χ1n) is 5.61. The predicted octanol–water partition coefficient (Wildman–Crippen LogP) is 4.66. The SMILES string of the molecule is CCCC(C)(C)Oc1ccccc1C(F)(F)F. The molecule has 1 rings (SSSR count). The number of halogens is 3. The molecule has 0 amide bonds. The number of para-hydroxylation sites is 1. The van der Waals surface area contributed by atoms with E-state index >= 15 is 0 Å². The molecule has 0 saturated heterocycles. The lowest BCUT2D eigenvalue weighted by atomic mass is 10.0. The molecule has 0 aliphatic heterocycles. The normalized spacial score (nSPS) is 12.6. The van der Waals surface area contributed by atoms with Crippen LogP contribution in [0.3, 0.4) is 0 Å². The van der Waals surface area contributed by atoms with Crippen molar-refractivity contribution in [1.82, 2.24) is 0 Å². The van der Waals surface area contributed by atoms with Crippen molar-refractivity contribution in [3.63, 3.8) is 0 Å². The molecule has 0 saturated carbocycles. The van der Waals surface area contributed by atoms with E-state index in [1.54, 1.807) is 19.9 Å². The molecule has 0 bridgehead atoms. The molecule has 4 heteroatoms. The molecular formula is C13H17F3O. The summed E-state index contributed by atoms with van der Waals surface area (Å²) < 4.78 is 43.7. The van der Waals surface area contributed by atoms with Crippen molar-refractivity contribution in [3.05, 3.63) is 29.8 Å². The average Bonchev–Trinajstić information content (AvgIpc) is 2.15. The van der Waals surface area contributed by atoms with Crippen molar-refractivity contribution >= 4 is 0 Å². The van der Waals surface area contributed by atoms with E-state index in [1.807, 2.05) is 6.92 Å². The molecule has 0 fully saturated rings. The van der Waals surface area contributed by atoms with Crippen LogP contribution in [0.4, 0.5) is 13.2 Å². The van der Waals surface area contributed by atoms with E-state index in [9.17, 15) is 13.2 Å². The van der Waals surface area contributed by atoms with Crippen LogP contribution in [0.2, 0.25) is 0 Å². The van der Waals surface area contributed by atoms with E-state index in [0.29, 0.717) is 6.42 Å². The maximum atomic E-state index is 12.7. The lowest BCUT2D eigenvalue weighted by Crippen LogP contribution is -2.28. The Bertz CT molecular complexity index is 369. The maximum absolute atomic E-state index is 12.7. The Morgan fingerprint density at radius 3 is 2.24 bits per heavy atom. The first-order valence-corrected chi connectivity index (χ1v) is 5.61. The predicted molar refractivity (Wildman–Crippen MR) is 61.1 cm³/mol. The topological polar surface area (TPSA) is 9.23 Å². The molecule has 0 aromatic heterocycles. The molecule has 17 heavy (non-hydrogen) atoms. The highest BCUT2D eigenvalue weighted by molar-refractivity contribution is 5.36. The molecule has 0 unspecified atom stereocenters. The van der Waals surface area contributed by atoms with Gasteiger partial charge >= 0.3 is 6.18 Å². The largest absolute Gasteiger partial charge is 0.487 e. The summed E-state index contributed by atoms with van der Waals surface area (Å²) in [6.07, 6.45) is -2.81. The minimum Gasteiger partial charge on any atom is -0.487 e. The lowest BCUT2D eigenvalue weighted by molar-refractivity contribution is -0.139. The van der Waals surface area contributed by atoms with Crippen LogP contribution in [0.25, 0.3) is 0 Å². The van der Waals surface area contributed by atoms with Crippen LogP contribution >= 0.6 is 0 Å². The summed E-state index contributed by atoms with van der Waals surface area (Å²) in [5, 5.41) is 0. The fourth-order valence-corrected chi connectivity index (χ4v) is 1.74. The second-order valence-electron chi connectivity index (χ2n) is 4.61. The zero-order valence-electron chi connectivity index (χ0n) is 10.3. The van der Waals surface area contributed by atoms with Crippen molar-refractivity contribution in [2.45, 2.75) is 45.4 Å². The van der Waals surface area contributed by atoms with Gasteiger partial charge < -0.3 is 4.74 Å². The van der Waals surface area contributed by atoms with Crippen LogP contribution in [0, 0.1) is 0 Å². The molecule has 1 aromatic carbocycles. The van der Waals surface area contributed by atoms with Crippen molar-refractivity contribution in [2.24, 2.45) is 0 Å². The fraction of sp³-hybridized carbons (Fsp3) is 0.538. The lowest BCUT2D eigenvalue weighted by Gasteiger charge is -2.27. The number of benzene rings is 1. The highest BCUT2D eigenvalue weighted by Gasteiger charge is 2.35. The average molecular weight is 246 g/mol. The Morgan fingerprint density at radius 1 is 1.12 bits per heavy atom. The monoisotopic (exact) mass is 246 g/mol. The highest BCUT2D eigenvalue weighted by atomic mass is 19.4. The molecule has 0 aliphatic rings. The third-order valence-electron chi connectivity index (χ3n) is 2.43. The quantitative estimate of drug-likeness (QED) is 0.750. The van der Waals surface area contributed by atoms with Gasteiger partial charge in [0.05, 0.1) is 5.56 Å². The van der Waals surface area contributed by atoms with Crippen LogP contribution in [-0.2, 0) is 6.18 Å². The summed E-state index contributed by atoms with van der Waals surface area (Å²) in [6, 6.07) is 5.31. The smallest absolute Gasteiger partial charge is 0.419 e. The van der Waals surface area contributed by atoms with Gasteiger partial charge in [0.15, 0.2) is 0 Å². The van der Waals surface area contributed by atoms with Gasteiger partial charge in [-0.05, 0) is 32.4 Å². The zero-order chi connectivity index (χ0) is 13.1. The third kappa shape index (κ3) is 3.95. The molecule has 0 aliphatic carbocycles. The molecule has 0 N–H and O–H groups in total. The van der Waals surface area contributed by atoms with E-state index in [4.69, 9.17) is 4.74 Å². The third-order valence-corrected chi connectivity index (χ3v) is 2.43. The van der Waals surface area contributed by atoms with E-state index in [1.165, 1.54) is 12.1 Å². The highest BCUT2D eigenvalue weighted by Crippen LogP contribution is 2.37. The molecule has 0 atom stereocenters. The van der Waals surface area contributed by atoms with Crippen molar-refractivity contribution < 1.29 is 17.9 Å². The van der Waals surface area contributed by atoms with Crippen LogP contribution in [0.1, 0.15) is 39.2 Å². The fourth-order valence-electron chi connectivity index (χ4n) is 1.74. The van der Waals surface area contributed by atoms with Gasteiger partial charge in [-0.15, -0.1) is 0 Å². The van der Waals surface area contributed by atoms with E-state index in [0.717, 1.165) is 12.5 Å². The summed E-state index contributed by atoms with van der Waals surface area (Å²) in [5.41, 5.74) is -1.31. The van der Waals surface area contributed by atoms with Gasteiger partial charge in [-0.1, -0.05) is 25.5 Å². The van der Waals surface area contributed by atoms with Gasteiger partial charge in [0.2, 0.25) is 0 Å². The summed E-state index contributed by atoms with van der Waals surface area (Å²) in [5.74, 6) is -0.0987. The van der Waals surface area contributed by atoms with Gasteiger partial charge in [-0.3, -0.25) is 0 Å². The van der Waals surface area contributed by atoms with E-state index in [2.05, 4.69) is 0 Å². The zero-order valence-corrected chi connectivity index (χ0v) is 10.3. The van der Waals surface area contributed by atoms with Crippen molar-refractivity contribution in [2.75, 3.05) is 0 Å². The summed E-state index contributed by atoms with van der Waals surface area (Å²) in [4.78, 5) is 0. The van der Waals surface area contributed by atoms with Gasteiger partial charge in [0.25, 0.3) is 0 Å². The number of rotatable bonds is 4. The molecule has 0 radical (unpaired) electrons. The Balaban J connectivity index is 2.99. The van der Waals surface area contributed by atoms with Crippen LogP contribution in [0.5, 0.6) is 5.75 Å². The van der Waals surface area contributed by atoms with Crippen molar-refractivity contribution in [3.8, 4) is 5.75 Å². The van der Waals surface area contributed by atoms with Crippen LogP contribution in [-0.4, -0.2) is 5.60 Å². The number of hydrogen-bond acceptors (Lipinski definition) is 1. The van der Waals surface area contributed by atoms with E-state index < -0.39 is 17.3 Å². The Kier molecular flexibility index (Phi) is 4.07. The number of alkyl halides is 3. The van der Waals surface area contributed by atoms with Gasteiger partial charge in [-0.25, -0.2) is 0 Å². The Hall–Kier alpha value is -1.19. The summed E-state index contributed by atoms with van der Waals surface area (Å²) >= 11 is 0. The summed E-state index contributed by atoms with van der Waals surface area (Å²) in [6.45, 7) is 5.56. The minimum atomic E-state index is -4.38.